The van der Waals surface area contributed by atoms with Gasteiger partial charge < -0.3 is 10.1 Å². The zero-order valence-electron chi connectivity index (χ0n) is 19.0. The Morgan fingerprint density at radius 1 is 0.912 bits per heavy atom. The third-order valence-corrected chi connectivity index (χ3v) is 6.28. The van der Waals surface area contributed by atoms with Gasteiger partial charge in [-0.25, -0.2) is 4.39 Å². The largest absolute Gasteiger partial charge is 0.379 e. The van der Waals surface area contributed by atoms with E-state index in [1.165, 1.54) is 24.3 Å². The molecule has 9 heteroatoms. The quantitative estimate of drug-likeness (QED) is 0.552. The lowest BCUT2D eigenvalue weighted by atomic mass is 9.88. The molecule has 6 nitrogen and oxygen atoms in total. The van der Waals surface area contributed by atoms with Crippen LogP contribution in [-0.2, 0) is 16.1 Å². The van der Waals surface area contributed by atoms with Gasteiger partial charge >= 0.3 is 0 Å². The Morgan fingerprint density at radius 2 is 1.56 bits per heavy atom. The lowest BCUT2D eigenvalue weighted by Crippen LogP contribution is -2.44. The molecule has 0 unspecified atom stereocenters. The Morgan fingerprint density at radius 3 is 2.24 bits per heavy atom. The average Bonchev–Trinajstić information content (AvgIpc) is 3.24. The standard InChI is InChI=1S/C25H30FN3O3.2ClH/c26-21-8-6-20(7-9-21)24(30)22-17-29(16-19-4-2-1-3-5-19)18-23(22)25(31)27-10-11-28-12-14-32-15-13-28;;/h1-9,22-23H,10-18H2,(H,27,31);2*1H/t22-,23-;;/m1../s1. The van der Waals surface area contributed by atoms with E-state index < -0.39 is 11.8 Å². The average molecular weight is 512 g/mol. The number of amides is 1. The molecule has 0 radical (unpaired) electrons. The van der Waals surface area contributed by atoms with Gasteiger partial charge in [-0.2, -0.15) is 0 Å². The molecule has 2 aromatic carbocycles. The summed E-state index contributed by atoms with van der Waals surface area (Å²) in [6, 6.07) is 15.6. The maximum absolute atomic E-state index is 13.3. The summed E-state index contributed by atoms with van der Waals surface area (Å²) in [4.78, 5) is 30.8. The van der Waals surface area contributed by atoms with Gasteiger partial charge in [0.1, 0.15) is 5.82 Å². The maximum atomic E-state index is 13.3. The third-order valence-electron chi connectivity index (χ3n) is 6.28. The second kappa shape index (κ2) is 13.8. The summed E-state index contributed by atoms with van der Waals surface area (Å²) in [6.07, 6.45) is 0. The first-order valence-electron chi connectivity index (χ1n) is 11.2. The van der Waals surface area contributed by atoms with Crippen molar-refractivity contribution in [3.05, 3.63) is 71.5 Å². The molecule has 1 N–H and O–H groups in total. The van der Waals surface area contributed by atoms with Crippen LogP contribution in [0.1, 0.15) is 15.9 Å². The number of rotatable bonds is 8. The van der Waals surface area contributed by atoms with E-state index in [0.29, 0.717) is 31.7 Å². The first-order chi connectivity index (χ1) is 15.6. The van der Waals surface area contributed by atoms with E-state index in [1.54, 1.807) is 0 Å². The third kappa shape index (κ3) is 7.48. The molecule has 0 bridgehead atoms. The molecule has 4 rings (SSSR count). The Kier molecular flexibility index (Phi) is 11.4. The number of hydrogen-bond donors (Lipinski definition) is 1. The van der Waals surface area contributed by atoms with Crippen LogP contribution in [0.3, 0.4) is 0 Å². The second-order valence-corrected chi connectivity index (χ2v) is 8.51. The van der Waals surface area contributed by atoms with Crippen LogP contribution in [0.15, 0.2) is 54.6 Å². The van der Waals surface area contributed by atoms with E-state index in [4.69, 9.17) is 4.74 Å². The molecular weight excluding hydrogens is 480 g/mol. The summed E-state index contributed by atoms with van der Waals surface area (Å²) >= 11 is 0. The van der Waals surface area contributed by atoms with Gasteiger partial charge in [0, 0.05) is 57.3 Å². The molecular formula is C25H32Cl2FN3O3. The molecule has 1 amide bonds. The van der Waals surface area contributed by atoms with E-state index in [1.807, 2.05) is 30.3 Å². The minimum Gasteiger partial charge on any atom is -0.379 e. The highest BCUT2D eigenvalue weighted by molar-refractivity contribution is 6.01. The number of Topliss-reactive ketones (excluding diaryl/α,β-unsaturated/α-hetero) is 1. The molecule has 2 aliphatic rings. The fraction of sp³-hybridized carbons (Fsp3) is 0.440. The number of ether oxygens (including phenoxy) is 1. The van der Waals surface area contributed by atoms with Crippen molar-refractivity contribution in [3.8, 4) is 0 Å². The molecule has 2 fully saturated rings. The number of halogens is 3. The van der Waals surface area contributed by atoms with Crippen LogP contribution >= 0.6 is 24.8 Å². The van der Waals surface area contributed by atoms with Crippen molar-refractivity contribution in [2.24, 2.45) is 11.8 Å². The molecule has 2 atom stereocenters. The molecule has 34 heavy (non-hydrogen) atoms. The molecule has 2 aromatic rings. The van der Waals surface area contributed by atoms with Crippen molar-refractivity contribution in [2.75, 3.05) is 52.5 Å². The Balaban J connectivity index is 0.00000204. The number of likely N-dealkylation sites (tertiary alicyclic amines) is 1. The fourth-order valence-corrected chi connectivity index (χ4v) is 4.51. The Labute approximate surface area is 212 Å². The van der Waals surface area contributed by atoms with E-state index >= 15 is 0 Å². The van der Waals surface area contributed by atoms with Crippen LogP contribution in [-0.4, -0.2) is 74.0 Å². The van der Waals surface area contributed by atoms with Gasteiger partial charge in [-0.1, -0.05) is 30.3 Å². The van der Waals surface area contributed by atoms with Gasteiger partial charge in [-0.15, -0.1) is 24.8 Å². The smallest absolute Gasteiger partial charge is 0.225 e. The van der Waals surface area contributed by atoms with Crippen molar-refractivity contribution in [2.45, 2.75) is 6.54 Å². The topological polar surface area (TPSA) is 61.9 Å². The summed E-state index contributed by atoms with van der Waals surface area (Å²) in [5.41, 5.74) is 1.60. The van der Waals surface area contributed by atoms with Gasteiger partial charge in [0.25, 0.3) is 0 Å². The summed E-state index contributed by atoms with van der Waals surface area (Å²) in [5, 5.41) is 3.04. The van der Waals surface area contributed by atoms with Crippen LogP contribution in [0.2, 0.25) is 0 Å². The highest BCUT2D eigenvalue weighted by Gasteiger charge is 2.41. The van der Waals surface area contributed by atoms with Crippen molar-refractivity contribution in [1.29, 1.82) is 0 Å². The summed E-state index contributed by atoms with van der Waals surface area (Å²) < 4.78 is 18.7. The predicted molar refractivity (Wildman–Crippen MR) is 134 cm³/mol. The summed E-state index contributed by atoms with van der Waals surface area (Å²) in [5.74, 6) is -1.45. The van der Waals surface area contributed by atoms with Crippen molar-refractivity contribution < 1.29 is 18.7 Å². The zero-order chi connectivity index (χ0) is 22.3. The van der Waals surface area contributed by atoms with Crippen molar-refractivity contribution in [3.63, 3.8) is 0 Å². The number of nitrogens with one attached hydrogen (secondary N) is 1. The molecule has 2 aliphatic heterocycles. The number of carbonyl (C=O) groups is 2. The second-order valence-electron chi connectivity index (χ2n) is 8.51. The number of carbonyl (C=O) groups excluding carboxylic acids is 2. The number of nitrogens with zero attached hydrogens (tertiary/aromatic N) is 2. The number of morpholine rings is 1. The molecule has 186 valence electrons. The fourth-order valence-electron chi connectivity index (χ4n) is 4.51. The van der Waals surface area contributed by atoms with E-state index in [9.17, 15) is 14.0 Å². The highest BCUT2D eigenvalue weighted by Crippen LogP contribution is 2.28. The van der Waals surface area contributed by atoms with Crippen LogP contribution < -0.4 is 5.32 Å². The van der Waals surface area contributed by atoms with Gasteiger partial charge in [-0.05, 0) is 29.8 Å². The van der Waals surface area contributed by atoms with Crippen LogP contribution in [0, 0.1) is 17.7 Å². The van der Waals surface area contributed by atoms with Gasteiger partial charge in [0.15, 0.2) is 5.78 Å². The maximum Gasteiger partial charge on any atom is 0.225 e. The minimum absolute atomic E-state index is 0. The van der Waals surface area contributed by atoms with Crippen LogP contribution in [0.5, 0.6) is 0 Å². The predicted octanol–water partition coefficient (Wildman–Crippen LogP) is 3.05. The van der Waals surface area contributed by atoms with Crippen molar-refractivity contribution >= 4 is 36.5 Å². The van der Waals surface area contributed by atoms with Gasteiger partial charge in [0.05, 0.1) is 19.1 Å². The molecule has 0 spiro atoms. The highest BCUT2D eigenvalue weighted by atomic mass is 35.5. The first kappa shape index (κ1) is 28.2. The normalized spacial score (nSPS) is 20.7. The zero-order valence-corrected chi connectivity index (χ0v) is 20.7. The molecule has 0 aromatic heterocycles. The molecule has 0 aliphatic carbocycles. The summed E-state index contributed by atoms with van der Waals surface area (Å²) in [7, 11) is 0. The number of hydrogen-bond acceptors (Lipinski definition) is 5. The minimum atomic E-state index is -0.451. The van der Waals surface area contributed by atoms with Crippen LogP contribution in [0.25, 0.3) is 0 Å². The summed E-state index contributed by atoms with van der Waals surface area (Å²) in [6.45, 7) is 6.22. The van der Waals surface area contributed by atoms with Crippen molar-refractivity contribution in [1.82, 2.24) is 15.1 Å². The van der Waals surface area contributed by atoms with E-state index in [0.717, 1.165) is 38.4 Å². The number of ketones is 1. The SMILES string of the molecule is Cl.Cl.O=C(NCCN1CCOCC1)[C@@H]1CN(Cc2ccccc2)C[C@H]1C(=O)c1ccc(F)cc1. The molecule has 0 saturated carbocycles. The lowest BCUT2D eigenvalue weighted by molar-refractivity contribution is -0.125. The lowest BCUT2D eigenvalue weighted by Gasteiger charge is -2.27. The Bertz CT molecular complexity index is 911. The van der Waals surface area contributed by atoms with Gasteiger partial charge in [-0.3, -0.25) is 19.4 Å². The number of benzene rings is 2. The van der Waals surface area contributed by atoms with E-state index in [-0.39, 0.29) is 42.3 Å². The molecule has 2 heterocycles. The van der Waals surface area contributed by atoms with E-state index in [2.05, 4.69) is 15.1 Å². The van der Waals surface area contributed by atoms with Crippen LogP contribution in [0.4, 0.5) is 4.39 Å². The first-order valence-corrected chi connectivity index (χ1v) is 11.2. The monoisotopic (exact) mass is 511 g/mol. The van der Waals surface area contributed by atoms with Gasteiger partial charge in [0.2, 0.25) is 5.91 Å². The molecule has 2 saturated heterocycles. The Hall–Kier alpha value is -2.03.